The Morgan fingerprint density at radius 1 is 0.889 bits per heavy atom. The van der Waals surface area contributed by atoms with Crippen LogP contribution in [0.15, 0.2) is 0 Å². The second-order valence-electron chi connectivity index (χ2n) is 4.65. The molecule has 0 aromatic carbocycles. The third-order valence-corrected chi connectivity index (χ3v) is 4.06. The molecule has 5 heteroatoms. The van der Waals surface area contributed by atoms with Crippen LogP contribution in [0.1, 0.15) is 45.4 Å². The molecule has 0 rings (SSSR count). The summed E-state index contributed by atoms with van der Waals surface area (Å²) in [6.45, 7) is 1.67. The number of aliphatic hydroxyl groups excluding tert-OH is 4. The van der Waals surface area contributed by atoms with Gasteiger partial charge in [-0.2, -0.15) is 11.8 Å². The van der Waals surface area contributed by atoms with Gasteiger partial charge in [-0.25, -0.2) is 0 Å². The maximum atomic E-state index is 9.55. The highest BCUT2D eigenvalue weighted by molar-refractivity contribution is 7.99. The molecular formula is C13H28O4S. The van der Waals surface area contributed by atoms with Gasteiger partial charge in [0, 0.05) is 5.75 Å². The number of hydrogen-bond acceptors (Lipinski definition) is 5. The van der Waals surface area contributed by atoms with Crippen LogP contribution in [-0.4, -0.2) is 56.9 Å². The van der Waals surface area contributed by atoms with Gasteiger partial charge >= 0.3 is 0 Å². The monoisotopic (exact) mass is 280 g/mol. The van der Waals surface area contributed by atoms with E-state index in [1.54, 1.807) is 11.8 Å². The smallest absolute Gasteiger partial charge is 0.109 e. The molecule has 0 heterocycles. The van der Waals surface area contributed by atoms with Crippen LogP contribution >= 0.6 is 11.8 Å². The summed E-state index contributed by atoms with van der Waals surface area (Å²) in [5.74, 6) is 1.36. The quantitative estimate of drug-likeness (QED) is 0.403. The fourth-order valence-electron chi connectivity index (χ4n) is 1.65. The van der Waals surface area contributed by atoms with E-state index in [0.717, 1.165) is 12.2 Å². The van der Waals surface area contributed by atoms with E-state index in [4.69, 9.17) is 10.2 Å². The SMILES string of the molecule is CCCCCCCCSC[C@@H](O)[C@@H](O)[C@H](O)CO. The predicted octanol–water partition coefficient (Wildman–Crippen LogP) is 1.16. The van der Waals surface area contributed by atoms with Crippen LogP contribution in [0.25, 0.3) is 0 Å². The Bertz CT molecular complexity index is 180. The highest BCUT2D eigenvalue weighted by atomic mass is 32.2. The number of rotatable bonds is 12. The van der Waals surface area contributed by atoms with Crippen molar-refractivity contribution in [1.82, 2.24) is 0 Å². The first kappa shape index (κ1) is 18.2. The lowest BCUT2D eigenvalue weighted by Crippen LogP contribution is -2.40. The Balaban J connectivity index is 3.37. The molecular weight excluding hydrogens is 252 g/mol. The van der Waals surface area contributed by atoms with E-state index < -0.39 is 24.9 Å². The minimum Gasteiger partial charge on any atom is -0.394 e. The van der Waals surface area contributed by atoms with Crippen LogP contribution < -0.4 is 0 Å². The Hall–Kier alpha value is 0.190. The molecule has 0 fully saturated rings. The number of hydrogen-bond donors (Lipinski definition) is 4. The first-order valence-electron chi connectivity index (χ1n) is 6.86. The molecule has 0 radical (unpaired) electrons. The van der Waals surface area contributed by atoms with Crippen LogP contribution in [0.5, 0.6) is 0 Å². The molecule has 3 atom stereocenters. The fourth-order valence-corrected chi connectivity index (χ4v) is 2.67. The summed E-state index contributed by atoms with van der Waals surface area (Å²) in [6, 6.07) is 0. The zero-order chi connectivity index (χ0) is 13.8. The average molecular weight is 280 g/mol. The molecule has 110 valence electrons. The molecule has 0 aromatic rings. The predicted molar refractivity (Wildman–Crippen MR) is 75.8 cm³/mol. The second-order valence-corrected chi connectivity index (χ2v) is 5.80. The maximum Gasteiger partial charge on any atom is 0.109 e. The van der Waals surface area contributed by atoms with E-state index in [-0.39, 0.29) is 0 Å². The van der Waals surface area contributed by atoms with Crippen LogP contribution in [0.4, 0.5) is 0 Å². The highest BCUT2D eigenvalue weighted by Gasteiger charge is 2.23. The number of aliphatic hydroxyl groups is 4. The van der Waals surface area contributed by atoms with Gasteiger partial charge in [0.25, 0.3) is 0 Å². The van der Waals surface area contributed by atoms with Crippen LogP contribution in [0, 0.1) is 0 Å². The van der Waals surface area contributed by atoms with Crippen molar-refractivity contribution in [2.45, 2.75) is 63.8 Å². The lowest BCUT2D eigenvalue weighted by molar-refractivity contribution is -0.0683. The van der Waals surface area contributed by atoms with Crippen molar-refractivity contribution in [3.05, 3.63) is 0 Å². The first-order valence-corrected chi connectivity index (χ1v) is 8.01. The molecule has 0 aliphatic carbocycles. The van der Waals surface area contributed by atoms with E-state index in [2.05, 4.69) is 6.92 Å². The number of thioether (sulfide) groups is 1. The lowest BCUT2D eigenvalue weighted by Gasteiger charge is -2.21. The molecule has 0 bridgehead atoms. The van der Waals surface area contributed by atoms with Crippen molar-refractivity contribution in [2.24, 2.45) is 0 Å². The van der Waals surface area contributed by atoms with Crippen molar-refractivity contribution < 1.29 is 20.4 Å². The molecule has 0 saturated carbocycles. The minimum absolute atomic E-state index is 0.396. The van der Waals surface area contributed by atoms with Crippen LogP contribution in [-0.2, 0) is 0 Å². The molecule has 0 spiro atoms. The zero-order valence-electron chi connectivity index (χ0n) is 11.3. The normalized spacial score (nSPS) is 16.5. The Labute approximate surface area is 114 Å². The van der Waals surface area contributed by atoms with E-state index in [1.807, 2.05) is 0 Å². The molecule has 4 N–H and O–H groups in total. The summed E-state index contributed by atoms with van der Waals surface area (Å²) in [7, 11) is 0. The number of unbranched alkanes of at least 4 members (excludes halogenated alkanes) is 5. The fraction of sp³-hybridized carbons (Fsp3) is 1.00. The van der Waals surface area contributed by atoms with E-state index >= 15 is 0 Å². The van der Waals surface area contributed by atoms with Gasteiger partial charge in [0.15, 0.2) is 0 Å². The molecule has 18 heavy (non-hydrogen) atoms. The van der Waals surface area contributed by atoms with Crippen LogP contribution in [0.2, 0.25) is 0 Å². The third-order valence-electron chi connectivity index (χ3n) is 2.91. The molecule has 0 aromatic heterocycles. The van der Waals surface area contributed by atoms with E-state index in [1.165, 1.54) is 32.1 Å². The van der Waals surface area contributed by atoms with Crippen molar-refractivity contribution in [2.75, 3.05) is 18.1 Å². The second kappa shape index (κ2) is 12.2. The summed E-state index contributed by atoms with van der Waals surface area (Å²) in [5, 5.41) is 36.8. The van der Waals surface area contributed by atoms with Crippen molar-refractivity contribution in [3.8, 4) is 0 Å². The lowest BCUT2D eigenvalue weighted by atomic mass is 10.1. The zero-order valence-corrected chi connectivity index (χ0v) is 12.1. The van der Waals surface area contributed by atoms with Crippen molar-refractivity contribution in [3.63, 3.8) is 0 Å². The largest absolute Gasteiger partial charge is 0.394 e. The van der Waals surface area contributed by atoms with Gasteiger partial charge < -0.3 is 20.4 Å². The summed E-state index contributed by atoms with van der Waals surface area (Å²) < 4.78 is 0. The molecule has 0 saturated heterocycles. The van der Waals surface area contributed by atoms with Gasteiger partial charge in [-0.3, -0.25) is 0 Å². The maximum absolute atomic E-state index is 9.55. The molecule has 0 unspecified atom stereocenters. The summed E-state index contributed by atoms with van der Waals surface area (Å²) in [6.07, 6.45) is 3.97. The topological polar surface area (TPSA) is 80.9 Å². The van der Waals surface area contributed by atoms with Gasteiger partial charge in [0.2, 0.25) is 0 Å². The van der Waals surface area contributed by atoms with Gasteiger partial charge in [0.05, 0.1) is 12.7 Å². The summed E-state index contributed by atoms with van der Waals surface area (Å²) in [4.78, 5) is 0. The van der Waals surface area contributed by atoms with Crippen LogP contribution in [0.3, 0.4) is 0 Å². The molecule has 0 amide bonds. The molecule has 0 aliphatic heterocycles. The van der Waals surface area contributed by atoms with Gasteiger partial charge in [0.1, 0.15) is 12.2 Å². The van der Waals surface area contributed by atoms with Crippen molar-refractivity contribution >= 4 is 11.8 Å². The minimum atomic E-state index is -1.26. The van der Waals surface area contributed by atoms with E-state index in [0.29, 0.717) is 5.75 Å². The molecule has 4 nitrogen and oxygen atoms in total. The van der Waals surface area contributed by atoms with E-state index in [9.17, 15) is 10.2 Å². The summed E-state index contributed by atoms with van der Waals surface area (Å²) in [5.41, 5.74) is 0. The highest BCUT2D eigenvalue weighted by Crippen LogP contribution is 2.12. The van der Waals surface area contributed by atoms with Crippen molar-refractivity contribution in [1.29, 1.82) is 0 Å². The Morgan fingerprint density at radius 3 is 2.11 bits per heavy atom. The Morgan fingerprint density at radius 2 is 1.50 bits per heavy atom. The Kier molecular flexibility index (Phi) is 12.4. The standard InChI is InChI=1S/C13H28O4S/c1-2-3-4-5-6-7-8-18-10-12(16)13(17)11(15)9-14/h11-17H,2-10H2,1H3/t11-,12-,13+/m1/s1. The summed E-state index contributed by atoms with van der Waals surface area (Å²) >= 11 is 1.58. The molecule has 0 aliphatic rings. The van der Waals surface area contributed by atoms with Gasteiger partial charge in [-0.05, 0) is 12.2 Å². The first-order chi connectivity index (χ1) is 8.63. The average Bonchev–Trinajstić information content (AvgIpc) is 2.39. The van der Waals surface area contributed by atoms with Gasteiger partial charge in [-0.1, -0.05) is 39.0 Å². The van der Waals surface area contributed by atoms with Gasteiger partial charge in [-0.15, -0.1) is 0 Å². The third kappa shape index (κ3) is 9.16.